The number of nitrogens with zero attached hydrogens (tertiary/aromatic N) is 3. The lowest BCUT2D eigenvalue weighted by Gasteiger charge is -2.58. The molecule has 2 bridgehead atoms. The van der Waals surface area contributed by atoms with E-state index >= 15 is 0 Å². The smallest absolute Gasteiger partial charge is 0.0728 e. The van der Waals surface area contributed by atoms with Crippen LogP contribution < -0.4 is 0 Å². The Kier molecular flexibility index (Phi) is 6.38. The maximum absolute atomic E-state index is 5.61. The second-order valence-electron chi connectivity index (χ2n) is 20.5. The largest absolute Gasteiger partial charge is 0.305 e. The van der Waals surface area contributed by atoms with Crippen LogP contribution in [0.5, 0.6) is 0 Å². The normalized spacial score (nSPS) is 21.7. The minimum atomic E-state index is -0.0589. The molecule has 10 aromatic rings. The fourth-order valence-corrected chi connectivity index (χ4v) is 14.4. The van der Waals surface area contributed by atoms with E-state index in [1.807, 2.05) is 0 Å². The Labute approximate surface area is 367 Å². The maximum Gasteiger partial charge on any atom is 0.0728 e. The standard InChI is InChI=1S/C60H47N3/c1-29(2)32-23-40(30(3)4)48(41(24-32)31(5)6)33-25-42-51-46(27-61-57-50-36-17-9-7-15-34(36)49(53(51)57)35-16-8-10-18-37(35)50)63-47-28-62-58-54(52(47)43(26-33)59(42)63)55-38-19-11-13-21-44(38)60(55)45-22-14-12-20-39(45)56(58)60/h7-31,49-50,55-56H,1-6H3. The summed E-state index contributed by atoms with van der Waals surface area (Å²) < 4.78 is 2.58. The third-order valence-corrected chi connectivity index (χ3v) is 16.7. The first kappa shape index (κ1) is 34.9. The number of benzene rings is 6. The molecule has 6 aliphatic carbocycles. The van der Waals surface area contributed by atoms with Crippen molar-refractivity contribution >= 4 is 38.1 Å². The summed E-state index contributed by atoms with van der Waals surface area (Å²) >= 11 is 0. The van der Waals surface area contributed by atoms with Gasteiger partial charge in [0.1, 0.15) is 0 Å². The van der Waals surface area contributed by atoms with Gasteiger partial charge >= 0.3 is 0 Å². The van der Waals surface area contributed by atoms with E-state index in [1.54, 1.807) is 0 Å². The van der Waals surface area contributed by atoms with E-state index in [2.05, 4.69) is 180 Å². The number of rotatable bonds is 4. The molecule has 63 heavy (non-hydrogen) atoms. The Morgan fingerprint density at radius 3 is 1.51 bits per heavy atom. The van der Waals surface area contributed by atoms with Crippen molar-refractivity contribution < 1.29 is 0 Å². The number of aromatic nitrogens is 3. The zero-order valence-electron chi connectivity index (χ0n) is 36.6. The molecule has 16 rings (SSSR count). The predicted octanol–water partition coefficient (Wildman–Crippen LogP) is 14.5. The Balaban J connectivity index is 1.12. The molecule has 3 nitrogen and oxygen atoms in total. The summed E-state index contributed by atoms with van der Waals surface area (Å²) in [5, 5.41) is 5.44. The van der Waals surface area contributed by atoms with E-state index in [-0.39, 0.29) is 29.1 Å². The lowest BCUT2D eigenvalue weighted by Crippen LogP contribution is -2.52. The van der Waals surface area contributed by atoms with Crippen LogP contribution in [0.3, 0.4) is 0 Å². The minimum Gasteiger partial charge on any atom is -0.305 e. The average Bonchev–Trinajstić information content (AvgIpc) is 3.89. The molecule has 0 saturated heterocycles. The topological polar surface area (TPSA) is 30.2 Å². The van der Waals surface area contributed by atoms with Gasteiger partial charge in [-0.15, -0.1) is 0 Å². The van der Waals surface area contributed by atoms with E-state index in [1.165, 1.54) is 133 Å². The van der Waals surface area contributed by atoms with Crippen LogP contribution in [-0.2, 0) is 5.41 Å². The molecule has 0 fully saturated rings. The Morgan fingerprint density at radius 2 is 0.968 bits per heavy atom. The van der Waals surface area contributed by atoms with E-state index in [0.29, 0.717) is 17.8 Å². The van der Waals surface area contributed by atoms with Gasteiger partial charge in [0.25, 0.3) is 0 Å². The van der Waals surface area contributed by atoms with Crippen LogP contribution in [0.25, 0.3) is 49.2 Å². The molecule has 4 heterocycles. The van der Waals surface area contributed by atoms with Crippen molar-refractivity contribution in [2.45, 2.75) is 88.4 Å². The average molecular weight is 810 g/mol. The molecule has 3 heteroatoms. The Morgan fingerprint density at radius 1 is 0.492 bits per heavy atom. The Hall–Kier alpha value is -6.58. The summed E-state index contributed by atoms with van der Waals surface area (Å²) in [5.74, 6) is 1.92. The molecule has 0 saturated carbocycles. The summed E-state index contributed by atoms with van der Waals surface area (Å²) in [5.41, 5.74) is 27.6. The van der Waals surface area contributed by atoms with E-state index < -0.39 is 0 Å². The van der Waals surface area contributed by atoms with Gasteiger partial charge < -0.3 is 4.40 Å². The predicted molar refractivity (Wildman–Crippen MR) is 257 cm³/mol. The number of hydrogen-bond acceptors (Lipinski definition) is 2. The van der Waals surface area contributed by atoms with Crippen molar-refractivity contribution in [2.75, 3.05) is 0 Å². The SMILES string of the molecule is CC(C)c1cc(C(C)C)c(-c2cc3c4c5c(ncc4n4c6cnc7c(c6c(c2)c34)C2c3ccccc3C23c2ccccc2C73)C2c3ccccc3C5c3ccccc32)c(C(C)C)c1. The van der Waals surface area contributed by atoms with E-state index in [9.17, 15) is 0 Å². The fourth-order valence-electron chi connectivity index (χ4n) is 14.4. The molecule has 0 aliphatic heterocycles. The third kappa shape index (κ3) is 3.82. The molecule has 0 N–H and O–H groups in total. The van der Waals surface area contributed by atoms with Gasteiger partial charge in [-0.25, -0.2) is 0 Å². The summed E-state index contributed by atoms with van der Waals surface area (Å²) in [6.45, 7) is 14.2. The van der Waals surface area contributed by atoms with Gasteiger partial charge in [-0.1, -0.05) is 151 Å². The lowest BCUT2D eigenvalue weighted by atomic mass is 9.43. The third-order valence-electron chi connectivity index (χ3n) is 16.7. The van der Waals surface area contributed by atoms with Crippen molar-refractivity contribution in [1.82, 2.24) is 14.4 Å². The molecular weight excluding hydrogens is 763 g/mol. The Bertz CT molecular complexity index is 3630. The van der Waals surface area contributed by atoms with Gasteiger partial charge in [-0.3, -0.25) is 9.97 Å². The second kappa shape index (κ2) is 11.5. The van der Waals surface area contributed by atoms with Crippen LogP contribution in [0.15, 0.2) is 134 Å². The van der Waals surface area contributed by atoms with Crippen molar-refractivity contribution in [3.8, 4) is 11.1 Å². The lowest BCUT2D eigenvalue weighted by molar-refractivity contribution is 0.331. The van der Waals surface area contributed by atoms with Crippen molar-refractivity contribution in [2.24, 2.45) is 0 Å². The number of pyridine rings is 2. The minimum absolute atomic E-state index is 0.0589. The number of hydrogen-bond donors (Lipinski definition) is 0. The van der Waals surface area contributed by atoms with Crippen LogP contribution in [0.2, 0.25) is 0 Å². The van der Waals surface area contributed by atoms with Crippen molar-refractivity contribution in [3.05, 3.63) is 217 Å². The van der Waals surface area contributed by atoms with Crippen LogP contribution in [0.1, 0.15) is 167 Å². The first-order valence-electron chi connectivity index (χ1n) is 23.4. The maximum atomic E-state index is 5.61. The molecule has 6 aromatic carbocycles. The molecule has 4 aromatic heterocycles. The first-order valence-corrected chi connectivity index (χ1v) is 23.4. The highest BCUT2D eigenvalue weighted by molar-refractivity contribution is 6.26. The summed E-state index contributed by atoms with van der Waals surface area (Å²) in [7, 11) is 0. The van der Waals surface area contributed by atoms with Gasteiger partial charge in [-0.2, -0.15) is 0 Å². The van der Waals surface area contributed by atoms with Crippen LogP contribution in [0.4, 0.5) is 0 Å². The molecular formula is C60H47N3. The van der Waals surface area contributed by atoms with Gasteiger partial charge in [-0.05, 0) is 113 Å². The second-order valence-corrected chi connectivity index (χ2v) is 20.5. The van der Waals surface area contributed by atoms with Gasteiger partial charge in [0.2, 0.25) is 0 Å². The van der Waals surface area contributed by atoms with Crippen molar-refractivity contribution in [1.29, 1.82) is 0 Å². The molecule has 0 radical (unpaired) electrons. The zero-order valence-corrected chi connectivity index (χ0v) is 36.6. The van der Waals surface area contributed by atoms with Crippen molar-refractivity contribution in [3.63, 3.8) is 0 Å². The fraction of sp³-hybridized carbons (Fsp3) is 0.233. The van der Waals surface area contributed by atoms with Gasteiger partial charge in [0.05, 0.1) is 46.2 Å². The van der Waals surface area contributed by atoms with Gasteiger partial charge in [0, 0.05) is 44.7 Å². The highest BCUT2D eigenvalue weighted by Gasteiger charge is 2.70. The zero-order chi connectivity index (χ0) is 41.9. The first-order chi connectivity index (χ1) is 30.8. The van der Waals surface area contributed by atoms with Gasteiger partial charge in [0.15, 0.2) is 0 Å². The molecule has 1 spiro atoms. The highest BCUT2D eigenvalue weighted by atomic mass is 15.0. The molecule has 3 atom stereocenters. The number of fused-ring (bicyclic) bond motifs is 14. The summed E-state index contributed by atoms with van der Waals surface area (Å²) in [6, 6.07) is 47.1. The molecule has 3 unspecified atom stereocenters. The molecule has 0 amide bonds. The van der Waals surface area contributed by atoms with Crippen LogP contribution >= 0.6 is 0 Å². The molecule has 302 valence electrons. The molecule has 6 aliphatic rings. The van der Waals surface area contributed by atoms with Crippen LogP contribution in [0, 0.1) is 0 Å². The van der Waals surface area contributed by atoms with E-state index in [0.717, 1.165) is 0 Å². The summed E-state index contributed by atoms with van der Waals surface area (Å²) in [6.07, 6.45) is 4.46. The van der Waals surface area contributed by atoms with Crippen LogP contribution in [-0.4, -0.2) is 14.4 Å². The highest BCUT2D eigenvalue weighted by Crippen LogP contribution is 2.77. The summed E-state index contributed by atoms with van der Waals surface area (Å²) in [4.78, 5) is 11.2. The van der Waals surface area contributed by atoms with E-state index in [4.69, 9.17) is 9.97 Å². The quantitative estimate of drug-likeness (QED) is 0.177. The monoisotopic (exact) mass is 809 g/mol.